The highest BCUT2D eigenvalue weighted by atomic mass is 16.3. The maximum Gasteiger partial charge on any atom is 0.317 e. The highest BCUT2D eigenvalue weighted by Crippen LogP contribution is 2.24. The Balaban J connectivity index is 1.77. The maximum absolute atomic E-state index is 12.1. The van der Waals surface area contributed by atoms with E-state index in [1.165, 1.54) is 12.8 Å². The third-order valence-electron chi connectivity index (χ3n) is 4.41. The van der Waals surface area contributed by atoms with Gasteiger partial charge in [-0.05, 0) is 50.4 Å². The van der Waals surface area contributed by atoms with Crippen LogP contribution in [0.25, 0.3) is 0 Å². The van der Waals surface area contributed by atoms with Crippen LogP contribution in [0.2, 0.25) is 0 Å². The second-order valence-corrected chi connectivity index (χ2v) is 6.04. The Morgan fingerprint density at radius 1 is 1.28 bits per heavy atom. The minimum atomic E-state index is 0.0766. The maximum atomic E-state index is 12.1. The molecule has 0 spiro atoms. The Morgan fingerprint density at radius 2 is 2.00 bits per heavy atom. The molecule has 0 aromatic carbocycles. The summed E-state index contributed by atoms with van der Waals surface area (Å²) in [7, 11) is 0. The number of aliphatic hydroxyl groups excluding tert-OH is 1. The van der Waals surface area contributed by atoms with Crippen LogP contribution in [-0.4, -0.2) is 41.8 Å². The van der Waals surface area contributed by atoms with Gasteiger partial charge in [0.25, 0.3) is 0 Å². The molecule has 2 N–H and O–H groups in total. The quantitative estimate of drug-likeness (QED) is 0.791. The molecule has 1 saturated carbocycles. The number of hydrogen-bond acceptors (Lipinski definition) is 2. The zero-order valence-electron chi connectivity index (χ0n) is 11.4. The van der Waals surface area contributed by atoms with Gasteiger partial charge in [-0.1, -0.05) is 6.92 Å². The molecule has 2 aliphatic rings. The smallest absolute Gasteiger partial charge is 0.317 e. The summed E-state index contributed by atoms with van der Waals surface area (Å²) in [6.07, 6.45) is 6.74. The monoisotopic (exact) mass is 254 g/mol. The Kier molecular flexibility index (Phi) is 4.87. The molecule has 4 heteroatoms. The van der Waals surface area contributed by atoms with Gasteiger partial charge in [0.1, 0.15) is 0 Å². The van der Waals surface area contributed by atoms with Crippen molar-refractivity contribution in [1.29, 1.82) is 0 Å². The molecule has 1 unspecified atom stereocenters. The lowest BCUT2D eigenvalue weighted by Gasteiger charge is -2.34. The van der Waals surface area contributed by atoms with Crippen LogP contribution < -0.4 is 5.32 Å². The van der Waals surface area contributed by atoms with Crippen molar-refractivity contribution in [1.82, 2.24) is 10.2 Å². The lowest BCUT2D eigenvalue weighted by molar-refractivity contribution is 0.126. The van der Waals surface area contributed by atoms with Gasteiger partial charge < -0.3 is 15.3 Å². The number of nitrogens with zero attached hydrogens (tertiary/aromatic N) is 1. The van der Waals surface area contributed by atoms with E-state index >= 15 is 0 Å². The second kappa shape index (κ2) is 6.41. The minimum absolute atomic E-state index is 0.0766. The number of urea groups is 1. The number of amides is 2. The first kappa shape index (κ1) is 13.7. The van der Waals surface area contributed by atoms with Crippen LogP contribution in [0, 0.1) is 11.8 Å². The zero-order chi connectivity index (χ0) is 13.0. The number of nitrogens with one attached hydrogen (secondary N) is 1. The number of piperidine rings is 1. The predicted octanol–water partition coefficient (Wildman–Crippen LogP) is 1.98. The summed E-state index contributed by atoms with van der Waals surface area (Å²) < 4.78 is 0. The molecular formula is C14H26N2O2. The van der Waals surface area contributed by atoms with E-state index in [1.54, 1.807) is 0 Å². The normalized spacial score (nSPS) is 33.2. The molecule has 104 valence electrons. The molecule has 2 amide bonds. The fourth-order valence-electron chi connectivity index (χ4n) is 3.07. The second-order valence-electron chi connectivity index (χ2n) is 6.04. The molecule has 0 radical (unpaired) electrons. The Labute approximate surface area is 110 Å². The standard InChI is InChI=1S/C14H26N2O2/c1-11-4-6-13(7-5-11)15-14(18)16-8-2-3-12(9-16)10-17/h11-13,17H,2-10H2,1H3,(H,15,18). The van der Waals surface area contributed by atoms with Crippen molar-refractivity contribution in [2.24, 2.45) is 11.8 Å². The average Bonchev–Trinajstić information content (AvgIpc) is 2.41. The summed E-state index contributed by atoms with van der Waals surface area (Å²) >= 11 is 0. The van der Waals surface area contributed by atoms with E-state index < -0.39 is 0 Å². The van der Waals surface area contributed by atoms with Crippen molar-refractivity contribution in [3.8, 4) is 0 Å². The first-order chi connectivity index (χ1) is 8.69. The van der Waals surface area contributed by atoms with E-state index in [-0.39, 0.29) is 18.6 Å². The van der Waals surface area contributed by atoms with E-state index in [0.717, 1.165) is 38.1 Å². The molecule has 4 nitrogen and oxygen atoms in total. The number of aliphatic hydroxyl groups is 1. The van der Waals surface area contributed by atoms with Gasteiger partial charge in [-0.2, -0.15) is 0 Å². The van der Waals surface area contributed by atoms with Gasteiger partial charge >= 0.3 is 6.03 Å². The van der Waals surface area contributed by atoms with Crippen LogP contribution in [-0.2, 0) is 0 Å². The van der Waals surface area contributed by atoms with Crippen molar-refractivity contribution in [3.05, 3.63) is 0 Å². The van der Waals surface area contributed by atoms with Gasteiger partial charge in [-0.25, -0.2) is 4.79 Å². The molecule has 1 aliphatic heterocycles. The molecule has 1 heterocycles. The average molecular weight is 254 g/mol. The van der Waals surface area contributed by atoms with E-state index in [9.17, 15) is 9.90 Å². The molecule has 1 atom stereocenters. The van der Waals surface area contributed by atoms with E-state index in [1.807, 2.05) is 4.90 Å². The molecule has 0 bridgehead atoms. The van der Waals surface area contributed by atoms with Crippen LogP contribution in [0.3, 0.4) is 0 Å². The molecule has 18 heavy (non-hydrogen) atoms. The molecule has 0 aromatic heterocycles. The van der Waals surface area contributed by atoms with Gasteiger partial charge in [0, 0.05) is 25.7 Å². The number of carbonyl (C=O) groups is 1. The lowest BCUT2D eigenvalue weighted by atomic mass is 9.87. The van der Waals surface area contributed by atoms with Crippen molar-refractivity contribution in [2.75, 3.05) is 19.7 Å². The number of likely N-dealkylation sites (tertiary alicyclic amines) is 1. The summed E-state index contributed by atoms with van der Waals surface area (Å²) in [5.74, 6) is 1.09. The molecule has 0 aromatic rings. The zero-order valence-corrected chi connectivity index (χ0v) is 11.4. The van der Waals surface area contributed by atoms with Gasteiger partial charge in [0.05, 0.1) is 0 Å². The third kappa shape index (κ3) is 3.61. The summed E-state index contributed by atoms with van der Waals surface area (Å²) in [6, 6.07) is 0.441. The van der Waals surface area contributed by atoms with Crippen molar-refractivity contribution in [3.63, 3.8) is 0 Å². The number of carbonyl (C=O) groups excluding carboxylic acids is 1. The van der Waals surface area contributed by atoms with Gasteiger partial charge in [-0.15, -0.1) is 0 Å². The van der Waals surface area contributed by atoms with Gasteiger partial charge in [0.2, 0.25) is 0 Å². The molecule has 1 saturated heterocycles. The molecular weight excluding hydrogens is 228 g/mol. The summed E-state index contributed by atoms with van der Waals surface area (Å²) in [6.45, 7) is 4.04. The molecule has 2 rings (SSSR count). The minimum Gasteiger partial charge on any atom is -0.396 e. The fraction of sp³-hybridized carbons (Fsp3) is 0.929. The summed E-state index contributed by atoms with van der Waals surface area (Å²) in [5.41, 5.74) is 0. The van der Waals surface area contributed by atoms with Crippen molar-refractivity contribution < 1.29 is 9.90 Å². The van der Waals surface area contributed by atoms with Crippen LogP contribution in [0.1, 0.15) is 45.4 Å². The fourth-order valence-corrected chi connectivity index (χ4v) is 3.07. The Hall–Kier alpha value is -0.770. The predicted molar refractivity (Wildman–Crippen MR) is 71.3 cm³/mol. The summed E-state index contributed by atoms with van der Waals surface area (Å²) in [5, 5.41) is 12.3. The number of hydrogen-bond donors (Lipinski definition) is 2. The van der Waals surface area contributed by atoms with Crippen LogP contribution in [0.5, 0.6) is 0 Å². The summed E-state index contributed by atoms with van der Waals surface area (Å²) in [4.78, 5) is 14.0. The highest BCUT2D eigenvalue weighted by Gasteiger charge is 2.26. The Bertz CT molecular complexity index is 275. The van der Waals surface area contributed by atoms with Crippen molar-refractivity contribution >= 4 is 6.03 Å². The first-order valence-electron chi connectivity index (χ1n) is 7.35. The third-order valence-corrected chi connectivity index (χ3v) is 4.41. The van der Waals surface area contributed by atoms with E-state index in [2.05, 4.69) is 12.2 Å². The van der Waals surface area contributed by atoms with Crippen molar-refractivity contribution in [2.45, 2.75) is 51.5 Å². The topological polar surface area (TPSA) is 52.6 Å². The first-order valence-corrected chi connectivity index (χ1v) is 7.35. The molecule has 2 fully saturated rings. The highest BCUT2D eigenvalue weighted by molar-refractivity contribution is 5.74. The van der Waals surface area contributed by atoms with E-state index in [0.29, 0.717) is 12.6 Å². The van der Waals surface area contributed by atoms with Crippen LogP contribution in [0.15, 0.2) is 0 Å². The molecule has 1 aliphatic carbocycles. The lowest BCUT2D eigenvalue weighted by Crippen LogP contribution is -2.49. The van der Waals surface area contributed by atoms with E-state index in [4.69, 9.17) is 0 Å². The SMILES string of the molecule is CC1CCC(NC(=O)N2CCCC(CO)C2)CC1. The van der Waals surface area contributed by atoms with Gasteiger partial charge in [-0.3, -0.25) is 0 Å². The Morgan fingerprint density at radius 3 is 2.67 bits per heavy atom. The van der Waals surface area contributed by atoms with Crippen LogP contribution >= 0.6 is 0 Å². The largest absolute Gasteiger partial charge is 0.396 e. The van der Waals surface area contributed by atoms with Crippen LogP contribution in [0.4, 0.5) is 4.79 Å². The number of rotatable bonds is 2. The van der Waals surface area contributed by atoms with Gasteiger partial charge in [0.15, 0.2) is 0 Å².